The van der Waals surface area contributed by atoms with Crippen molar-refractivity contribution in [2.24, 2.45) is 0 Å². The average molecular weight is 458 g/mol. The second-order valence-corrected chi connectivity index (χ2v) is 8.27. The second-order valence-electron chi connectivity index (χ2n) is 6.45. The Balaban J connectivity index is 0.000000390. The van der Waals surface area contributed by atoms with Gasteiger partial charge in [-0.2, -0.15) is 0 Å². The van der Waals surface area contributed by atoms with Crippen LogP contribution in [0.5, 0.6) is 0 Å². The lowest BCUT2D eigenvalue weighted by Crippen LogP contribution is -2.14. The van der Waals surface area contributed by atoms with Crippen molar-refractivity contribution in [3.05, 3.63) is 78.5 Å². The van der Waals surface area contributed by atoms with E-state index in [9.17, 15) is 18.0 Å². The summed E-state index contributed by atoms with van der Waals surface area (Å²) >= 11 is 0. The fourth-order valence-electron chi connectivity index (χ4n) is 2.68. The quantitative estimate of drug-likeness (QED) is 0.451. The molecule has 0 bridgehead atoms. The smallest absolute Gasteiger partial charge is 0.328 e. The van der Waals surface area contributed by atoms with Crippen molar-refractivity contribution in [3.8, 4) is 11.3 Å². The van der Waals surface area contributed by atoms with E-state index in [1.807, 2.05) is 26.1 Å². The van der Waals surface area contributed by atoms with Crippen LogP contribution in [0.2, 0.25) is 0 Å². The van der Waals surface area contributed by atoms with E-state index in [-0.39, 0.29) is 4.90 Å². The number of nitrogens with one attached hydrogen (secondary N) is 1. The summed E-state index contributed by atoms with van der Waals surface area (Å²) in [5.41, 5.74) is 3.21. The Kier molecular flexibility index (Phi) is 8.38. The lowest BCUT2D eigenvalue weighted by molar-refractivity contribution is -0.134. The molecule has 0 fully saturated rings. The van der Waals surface area contributed by atoms with Crippen LogP contribution in [-0.4, -0.2) is 51.6 Å². The third-order valence-electron chi connectivity index (χ3n) is 4.10. The number of aliphatic carboxylic acids is 2. The zero-order chi connectivity index (χ0) is 23.7. The molecule has 0 saturated carbocycles. The van der Waals surface area contributed by atoms with Gasteiger partial charge in [-0.15, -0.1) is 0 Å². The molecule has 11 heteroatoms. The number of nitrogens with zero attached hydrogens (tertiary/aromatic N) is 3. The van der Waals surface area contributed by atoms with Crippen LogP contribution in [-0.2, 0) is 26.2 Å². The monoisotopic (exact) mass is 458 g/mol. The van der Waals surface area contributed by atoms with Crippen molar-refractivity contribution in [1.29, 1.82) is 0 Å². The first-order valence-electron chi connectivity index (χ1n) is 9.23. The number of hydrogen-bond acceptors (Lipinski definition) is 7. The van der Waals surface area contributed by atoms with Gasteiger partial charge in [0.2, 0.25) is 0 Å². The third kappa shape index (κ3) is 6.33. The predicted octanol–water partition coefficient (Wildman–Crippen LogP) is 1.92. The van der Waals surface area contributed by atoms with Crippen molar-refractivity contribution in [2.75, 3.05) is 7.05 Å². The highest BCUT2D eigenvalue weighted by atomic mass is 32.2. The fourth-order valence-corrected chi connectivity index (χ4v) is 4.04. The molecule has 0 radical (unpaired) electrons. The van der Waals surface area contributed by atoms with Crippen molar-refractivity contribution in [2.45, 2.75) is 18.4 Å². The molecule has 10 nitrogen and oxygen atoms in total. The van der Waals surface area contributed by atoms with Gasteiger partial charge in [0.1, 0.15) is 4.90 Å². The van der Waals surface area contributed by atoms with E-state index >= 15 is 0 Å². The summed E-state index contributed by atoms with van der Waals surface area (Å²) < 4.78 is 27.4. The lowest BCUT2D eigenvalue weighted by Gasteiger charge is -2.11. The van der Waals surface area contributed by atoms with Crippen LogP contribution in [0.15, 0.2) is 72.3 Å². The second kappa shape index (κ2) is 11.0. The SMILES string of the molecule is CNCc1cc(-c2cnccc2C)n(S(=O)(=O)c2cccnc2)c1.O=C(O)/C=C/C(=O)O. The van der Waals surface area contributed by atoms with Gasteiger partial charge in [-0.25, -0.2) is 22.0 Å². The minimum Gasteiger partial charge on any atom is -0.478 e. The zero-order valence-electron chi connectivity index (χ0n) is 17.3. The van der Waals surface area contributed by atoms with Crippen molar-refractivity contribution < 1.29 is 28.2 Å². The highest BCUT2D eigenvalue weighted by molar-refractivity contribution is 7.90. The predicted molar refractivity (Wildman–Crippen MR) is 116 cm³/mol. The lowest BCUT2D eigenvalue weighted by atomic mass is 10.1. The van der Waals surface area contributed by atoms with Gasteiger partial charge >= 0.3 is 11.9 Å². The normalized spacial score (nSPS) is 11.1. The molecule has 3 N–H and O–H groups in total. The number of hydrogen-bond donors (Lipinski definition) is 3. The van der Waals surface area contributed by atoms with Gasteiger partial charge in [0.05, 0.1) is 5.69 Å². The van der Waals surface area contributed by atoms with Crippen molar-refractivity contribution in [3.63, 3.8) is 0 Å². The largest absolute Gasteiger partial charge is 0.478 e. The van der Waals surface area contributed by atoms with Crippen LogP contribution >= 0.6 is 0 Å². The molecule has 0 aliphatic heterocycles. The maximum atomic E-state index is 13.0. The number of carbonyl (C=O) groups is 2. The molecule has 0 aliphatic carbocycles. The average Bonchev–Trinajstić information content (AvgIpc) is 3.18. The summed E-state index contributed by atoms with van der Waals surface area (Å²) in [6.07, 6.45) is 9.03. The minimum absolute atomic E-state index is 0.152. The Morgan fingerprint density at radius 1 is 1.09 bits per heavy atom. The highest BCUT2D eigenvalue weighted by Crippen LogP contribution is 2.28. The standard InChI is InChI=1S/C17H18N4O2S.C4H4O4/c1-13-5-7-20-11-16(13)17-8-14(9-18-2)12-21(17)24(22,23)15-4-3-6-19-10-15;5-3(6)1-2-4(7)8/h3-8,10-12,18H,9H2,1-2H3;1-2H,(H,5,6)(H,7,8)/b;2-1+. The van der Waals surface area contributed by atoms with Crippen LogP contribution in [0.1, 0.15) is 11.1 Å². The first-order valence-corrected chi connectivity index (χ1v) is 10.7. The minimum atomic E-state index is -3.73. The molecule has 0 aliphatic rings. The molecule has 3 aromatic heterocycles. The summed E-state index contributed by atoms with van der Waals surface area (Å²) in [6, 6.07) is 6.88. The van der Waals surface area contributed by atoms with E-state index in [2.05, 4.69) is 15.3 Å². The van der Waals surface area contributed by atoms with E-state index in [0.717, 1.165) is 16.7 Å². The molecule has 0 spiro atoms. The fraction of sp³-hybridized carbons (Fsp3) is 0.143. The number of aryl methyl sites for hydroxylation is 1. The molecule has 0 saturated heterocycles. The third-order valence-corrected chi connectivity index (χ3v) is 5.76. The molecule has 32 heavy (non-hydrogen) atoms. The van der Waals surface area contributed by atoms with Gasteiger partial charge in [0.15, 0.2) is 0 Å². The number of aromatic nitrogens is 3. The first-order chi connectivity index (χ1) is 15.2. The molecule has 3 heterocycles. The van der Waals surface area contributed by atoms with E-state index in [4.69, 9.17) is 10.2 Å². The van der Waals surface area contributed by atoms with Gasteiger partial charge in [0.25, 0.3) is 10.0 Å². The topological polar surface area (TPSA) is 151 Å². The van der Waals surface area contributed by atoms with Gasteiger partial charge in [-0.05, 0) is 49.4 Å². The van der Waals surface area contributed by atoms with Crippen LogP contribution in [0.4, 0.5) is 0 Å². The van der Waals surface area contributed by atoms with Gasteiger partial charge in [-0.1, -0.05) is 0 Å². The van der Waals surface area contributed by atoms with Crippen molar-refractivity contribution in [1.82, 2.24) is 19.3 Å². The number of carboxylic acids is 2. The molecular formula is C21H22N4O6S. The van der Waals surface area contributed by atoms with Gasteiger partial charge < -0.3 is 15.5 Å². The Hall–Kier alpha value is -3.83. The molecule has 3 rings (SSSR count). The number of pyridine rings is 2. The molecule has 0 aromatic carbocycles. The molecule has 0 atom stereocenters. The van der Waals surface area contributed by atoms with Crippen LogP contribution in [0, 0.1) is 6.92 Å². The number of rotatable bonds is 7. The summed E-state index contributed by atoms with van der Waals surface area (Å²) in [5, 5.41) is 18.7. The maximum Gasteiger partial charge on any atom is 0.328 e. The Labute approximate surface area is 184 Å². The van der Waals surface area contributed by atoms with Crippen molar-refractivity contribution >= 4 is 22.0 Å². The summed E-state index contributed by atoms with van der Waals surface area (Å²) in [6.45, 7) is 2.50. The van der Waals surface area contributed by atoms with E-state index in [0.29, 0.717) is 24.4 Å². The van der Waals surface area contributed by atoms with E-state index in [1.165, 1.54) is 10.2 Å². The Morgan fingerprint density at radius 2 is 1.75 bits per heavy atom. The zero-order valence-corrected chi connectivity index (χ0v) is 18.2. The van der Waals surface area contributed by atoms with Gasteiger partial charge in [0, 0.05) is 55.2 Å². The highest BCUT2D eigenvalue weighted by Gasteiger charge is 2.22. The van der Waals surface area contributed by atoms with Crippen LogP contribution in [0.25, 0.3) is 11.3 Å². The molecular weight excluding hydrogens is 436 g/mol. The Bertz CT molecular complexity index is 1200. The van der Waals surface area contributed by atoms with Gasteiger partial charge in [-0.3, -0.25) is 9.97 Å². The summed E-state index contributed by atoms with van der Waals surface area (Å²) in [4.78, 5) is 27.3. The first kappa shape index (κ1) is 24.4. The molecule has 0 amide bonds. The summed E-state index contributed by atoms with van der Waals surface area (Å²) in [5.74, 6) is -2.51. The molecule has 168 valence electrons. The van der Waals surface area contributed by atoms with Crippen LogP contribution < -0.4 is 5.32 Å². The Morgan fingerprint density at radius 3 is 2.28 bits per heavy atom. The molecule has 0 unspecified atom stereocenters. The van der Waals surface area contributed by atoms with Crippen LogP contribution in [0.3, 0.4) is 0 Å². The maximum absolute atomic E-state index is 13.0. The van der Waals surface area contributed by atoms with E-state index in [1.54, 1.807) is 36.9 Å². The molecule has 3 aromatic rings. The van der Waals surface area contributed by atoms with E-state index < -0.39 is 22.0 Å². The number of carboxylic acid groups (broad SMARTS) is 2. The summed E-state index contributed by atoms with van der Waals surface area (Å²) in [7, 11) is -1.91.